The molecule has 1 unspecified atom stereocenters. The SMILES string of the molecule is C=CCCOC(C)C(=O)NCCNC1CCCCCC1. The Morgan fingerprint density at radius 2 is 2.00 bits per heavy atom. The molecule has 0 aromatic rings. The Bertz CT molecular complexity index is 274. The average molecular weight is 282 g/mol. The fourth-order valence-corrected chi connectivity index (χ4v) is 2.49. The molecule has 4 nitrogen and oxygen atoms in total. The van der Waals surface area contributed by atoms with Gasteiger partial charge in [-0.2, -0.15) is 0 Å². The van der Waals surface area contributed by atoms with Gasteiger partial charge in [-0.25, -0.2) is 0 Å². The van der Waals surface area contributed by atoms with Crippen molar-refractivity contribution in [1.82, 2.24) is 10.6 Å². The first-order valence-electron chi connectivity index (χ1n) is 7.97. The minimum absolute atomic E-state index is 0.0308. The first kappa shape index (κ1) is 17.2. The maximum Gasteiger partial charge on any atom is 0.248 e. The highest BCUT2D eigenvalue weighted by molar-refractivity contribution is 5.80. The maximum absolute atomic E-state index is 11.8. The summed E-state index contributed by atoms with van der Waals surface area (Å²) < 4.78 is 5.40. The van der Waals surface area contributed by atoms with Crippen LogP contribution < -0.4 is 10.6 Å². The third kappa shape index (κ3) is 7.65. The standard InChI is InChI=1S/C16H30N2O2/c1-3-4-13-20-14(2)16(19)18-12-11-17-15-9-7-5-6-8-10-15/h3,14-15,17H,1,4-13H2,2H3,(H,18,19). The predicted molar refractivity (Wildman–Crippen MR) is 82.7 cm³/mol. The molecule has 20 heavy (non-hydrogen) atoms. The van der Waals surface area contributed by atoms with E-state index in [4.69, 9.17) is 4.74 Å². The highest BCUT2D eigenvalue weighted by atomic mass is 16.5. The number of carbonyl (C=O) groups excluding carboxylic acids is 1. The molecular weight excluding hydrogens is 252 g/mol. The second-order valence-corrected chi connectivity index (χ2v) is 5.52. The summed E-state index contributed by atoms with van der Waals surface area (Å²) in [5, 5.41) is 6.45. The maximum atomic E-state index is 11.8. The topological polar surface area (TPSA) is 50.4 Å². The summed E-state index contributed by atoms with van der Waals surface area (Å²) in [6, 6.07) is 0.635. The van der Waals surface area contributed by atoms with Gasteiger partial charge in [0.25, 0.3) is 0 Å². The summed E-state index contributed by atoms with van der Waals surface area (Å²) >= 11 is 0. The Balaban J connectivity index is 2.04. The van der Waals surface area contributed by atoms with Crippen molar-refractivity contribution in [3.05, 3.63) is 12.7 Å². The Labute approximate surface area is 123 Å². The van der Waals surface area contributed by atoms with E-state index in [1.807, 2.05) is 0 Å². The van der Waals surface area contributed by atoms with E-state index in [9.17, 15) is 4.79 Å². The summed E-state index contributed by atoms with van der Waals surface area (Å²) in [5.74, 6) is -0.0308. The molecule has 0 bridgehead atoms. The molecular formula is C16H30N2O2. The monoisotopic (exact) mass is 282 g/mol. The summed E-state index contributed by atoms with van der Waals surface area (Å²) in [6.07, 6.45) is 10.1. The minimum Gasteiger partial charge on any atom is -0.368 e. The smallest absolute Gasteiger partial charge is 0.248 e. The van der Waals surface area contributed by atoms with Gasteiger partial charge < -0.3 is 15.4 Å². The van der Waals surface area contributed by atoms with Gasteiger partial charge in [0, 0.05) is 19.1 Å². The molecule has 0 saturated heterocycles. The van der Waals surface area contributed by atoms with Crippen molar-refractivity contribution < 1.29 is 9.53 Å². The zero-order chi connectivity index (χ0) is 14.6. The van der Waals surface area contributed by atoms with Crippen molar-refractivity contribution in [2.24, 2.45) is 0 Å². The molecule has 1 saturated carbocycles. The molecule has 0 radical (unpaired) electrons. The van der Waals surface area contributed by atoms with Crippen molar-refractivity contribution in [3.8, 4) is 0 Å². The summed E-state index contributed by atoms with van der Waals surface area (Å²) in [6.45, 7) is 7.48. The van der Waals surface area contributed by atoms with Gasteiger partial charge in [-0.15, -0.1) is 6.58 Å². The van der Waals surface area contributed by atoms with E-state index in [-0.39, 0.29) is 12.0 Å². The highest BCUT2D eigenvalue weighted by Gasteiger charge is 2.13. The van der Waals surface area contributed by atoms with Gasteiger partial charge in [-0.1, -0.05) is 31.8 Å². The Kier molecular flexibility index (Phi) is 9.33. The van der Waals surface area contributed by atoms with Crippen LogP contribution in [0.15, 0.2) is 12.7 Å². The number of amides is 1. The van der Waals surface area contributed by atoms with Crippen LogP contribution in [0.3, 0.4) is 0 Å². The second-order valence-electron chi connectivity index (χ2n) is 5.52. The van der Waals surface area contributed by atoms with Crippen molar-refractivity contribution in [2.45, 2.75) is 64.0 Å². The molecule has 1 aliphatic carbocycles. The highest BCUT2D eigenvalue weighted by Crippen LogP contribution is 2.16. The predicted octanol–water partition coefficient (Wildman–Crippen LogP) is 2.40. The lowest BCUT2D eigenvalue weighted by molar-refractivity contribution is -0.131. The molecule has 1 aliphatic rings. The van der Waals surface area contributed by atoms with Crippen LogP contribution in [0.25, 0.3) is 0 Å². The first-order valence-corrected chi connectivity index (χ1v) is 7.97. The summed E-state index contributed by atoms with van der Waals surface area (Å²) in [5.41, 5.74) is 0. The van der Waals surface area contributed by atoms with E-state index in [1.54, 1.807) is 13.0 Å². The van der Waals surface area contributed by atoms with Crippen molar-refractivity contribution in [1.29, 1.82) is 0 Å². The van der Waals surface area contributed by atoms with Crippen LogP contribution in [0.5, 0.6) is 0 Å². The molecule has 1 atom stereocenters. The quantitative estimate of drug-likeness (QED) is 0.388. The zero-order valence-electron chi connectivity index (χ0n) is 12.8. The minimum atomic E-state index is -0.382. The van der Waals surface area contributed by atoms with Crippen LogP contribution in [0.4, 0.5) is 0 Å². The Morgan fingerprint density at radius 3 is 2.65 bits per heavy atom. The fraction of sp³-hybridized carbons (Fsp3) is 0.812. The van der Waals surface area contributed by atoms with Crippen LogP contribution in [-0.4, -0.2) is 37.7 Å². The van der Waals surface area contributed by atoms with Crippen LogP contribution in [0.2, 0.25) is 0 Å². The number of rotatable bonds is 9. The van der Waals surface area contributed by atoms with Crippen LogP contribution in [0.1, 0.15) is 51.9 Å². The van der Waals surface area contributed by atoms with Crippen LogP contribution >= 0.6 is 0 Å². The third-order valence-electron chi connectivity index (χ3n) is 3.77. The summed E-state index contributed by atoms with van der Waals surface area (Å²) in [4.78, 5) is 11.8. The molecule has 0 aromatic carbocycles. The van der Waals surface area contributed by atoms with Gasteiger partial charge in [0.1, 0.15) is 6.10 Å². The molecule has 2 N–H and O–H groups in total. The average Bonchev–Trinajstić information content (AvgIpc) is 2.72. The molecule has 1 rings (SSSR count). The fourth-order valence-electron chi connectivity index (χ4n) is 2.49. The van der Waals surface area contributed by atoms with Gasteiger partial charge in [-0.3, -0.25) is 4.79 Å². The molecule has 0 spiro atoms. The lowest BCUT2D eigenvalue weighted by atomic mass is 10.1. The molecule has 116 valence electrons. The molecule has 0 aromatic heterocycles. The van der Waals surface area contributed by atoms with Gasteiger partial charge in [0.2, 0.25) is 5.91 Å². The second kappa shape index (κ2) is 10.9. The van der Waals surface area contributed by atoms with Gasteiger partial charge in [-0.05, 0) is 26.2 Å². The van der Waals surface area contributed by atoms with Crippen molar-refractivity contribution >= 4 is 5.91 Å². The van der Waals surface area contributed by atoms with E-state index in [0.717, 1.165) is 13.0 Å². The lowest BCUT2D eigenvalue weighted by Crippen LogP contribution is -2.40. The molecule has 1 fully saturated rings. The number of hydrogen-bond donors (Lipinski definition) is 2. The van der Waals surface area contributed by atoms with Crippen LogP contribution in [0, 0.1) is 0 Å². The van der Waals surface area contributed by atoms with E-state index >= 15 is 0 Å². The van der Waals surface area contributed by atoms with Crippen molar-refractivity contribution in [2.75, 3.05) is 19.7 Å². The molecule has 4 heteroatoms. The molecule has 0 heterocycles. The Hall–Kier alpha value is -0.870. The van der Waals surface area contributed by atoms with Gasteiger partial charge >= 0.3 is 0 Å². The zero-order valence-corrected chi connectivity index (χ0v) is 12.8. The normalized spacial score (nSPS) is 18.2. The molecule has 0 aliphatic heterocycles. The number of nitrogens with one attached hydrogen (secondary N) is 2. The lowest BCUT2D eigenvalue weighted by Gasteiger charge is -2.17. The van der Waals surface area contributed by atoms with Gasteiger partial charge in [0.05, 0.1) is 6.61 Å². The number of ether oxygens (including phenoxy) is 1. The van der Waals surface area contributed by atoms with E-state index in [1.165, 1.54) is 38.5 Å². The van der Waals surface area contributed by atoms with E-state index < -0.39 is 0 Å². The van der Waals surface area contributed by atoms with E-state index in [2.05, 4.69) is 17.2 Å². The third-order valence-corrected chi connectivity index (χ3v) is 3.77. The Morgan fingerprint density at radius 1 is 1.30 bits per heavy atom. The number of carbonyl (C=O) groups is 1. The first-order chi connectivity index (χ1) is 9.74. The van der Waals surface area contributed by atoms with E-state index in [0.29, 0.717) is 19.2 Å². The molecule has 1 amide bonds. The van der Waals surface area contributed by atoms with Crippen molar-refractivity contribution in [3.63, 3.8) is 0 Å². The summed E-state index contributed by atoms with van der Waals surface area (Å²) in [7, 11) is 0. The largest absolute Gasteiger partial charge is 0.368 e. The number of hydrogen-bond acceptors (Lipinski definition) is 3. The van der Waals surface area contributed by atoms with Crippen LogP contribution in [-0.2, 0) is 9.53 Å². The van der Waals surface area contributed by atoms with Gasteiger partial charge in [0.15, 0.2) is 0 Å².